The second-order valence-corrected chi connectivity index (χ2v) is 6.65. The number of carboxylic acid groups (broad SMARTS) is 1. The number of halogens is 1. The molecule has 9 heteroatoms. The number of carboxylic acids is 1. The fourth-order valence-corrected chi connectivity index (χ4v) is 3.12. The zero-order valence-corrected chi connectivity index (χ0v) is 15.0. The van der Waals surface area contributed by atoms with Gasteiger partial charge in [0.1, 0.15) is 11.9 Å². The Morgan fingerprint density at radius 1 is 1.27 bits per heavy atom. The van der Waals surface area contributed by atoms with E-state index in [4.69, 9.17) is 22.4 Å². The SMILES string of the molecule is CC(NC(=O)N1CCN(c2cc(N)nc3cc(Cl)ccc23)CC1)C(=O)O. The van der Waals surface area contributed by atoms with E-state index < -0.39 is 12.0 Å². The molecule has 0 spiro atoms. The number of nitrogens with zero attached hydrogens (tertiary/aromatic N) is 3. The number of anilines is 2. The number of nitrogens with two attached hydrogens (primary N) is 1. The van der Waals surface area contributed by atoms with Crippen LogP contribution in [0.15, 0.2) is 24.3 Å². The van der Waals surface area contributed by atoms with Crippen molar-refractivity contribution in [2.45, 2.75) is 13.0 Å². The Morgan fingerprint density at radius 3 is 2.62 bits per heavy atom. The highest BCUT2D eigenvalue weighted by Gasteiger charge is 2.24. The molecule has 1 aromatic carbocycles. The lowest BCUT2D eigenvalue weighted by Gasteiger charge is -2.36. The molecule has 0 bridgehead atoms. The molecule has 8 nitrogen and oxygen atoms in total. The van der Waals surface area contributed by atoms with E-state index in [1.807, 2.05) is 18.2 Å². The van der Waals surface area contributed by atoms with Gasteiger partial charge in [0.25, 0.3) is 0 Å². The van der Waals surface area contributed by atoms with E-state index in [0.717, 1.165) is 16.6 Å². The number of hydrogen-bond donors (Lipinski definition) is 3. The molecule has 0 saturated carbocycles. The predicted molar refractivity (Wildman–Crippen MR) is 101 cm³/mol. The number of piperazine rings is 1. The third-order valence-corrected chi connectivity index (χ3v) is 4.62. The second-order valence-electron chi connectivity index (χ2n) is 6.21. The smallest absolute Gasteiger partial charge is 0.325 e. The van der Waals surface area contributed by atoms with E-state index in [-0.39, 0.29) is 6.03 Å². The number of urea groups is 1. The summed E-state index contributed by atoms with van der Waals surface area (Å²) in [4.78, 5) is 31.1. The molecular formula is C17H20ClN5O3. The molecule has 2 aromatic rings. The molecule has 0 radical (unpaired) electrons. The number of aromatic nitrogens is 1. The summed E-state index contributed by atoms with van der Waals surface area (Å²) in [6.45, 7) is 3.62. The second kappa shape index (κ2) is 7.25. The van der Waals surface area contributed by atoms with Gasteiger partial charge in [0, 0.05) is 48.3 Å². The minimum atomic E-state index is -1.06. The maximum Gasteiger partial charge on any atom is 0.325 e. The summed E-state index contributed by atoms with van der Waals surface area (Å²) in [5.74, 6) is -0.653. The number of benzene rings is 1. The standard InChI is InChI=1S/C17H20ClN5O3/c1-10(16(24)25)20-17(26)23-6-4-22(5-7-23)14-9-15(19)21-13-8-11(18)2-3-12(13)14/h2-3,8-10H,4-7H2,1H3,(H2,19,21)(H,20,26)(H,24,25). The summed E-state index contributed by atoms with van der Waals surface area (Å²) in [5.41, 5.74) is 7.60. The van der Waals surface area contributed by atoms with Gasteiger partial charge in [-0.25, -0.2) is 9.78 Å². The fraction of sp³-hybridized carbons (Fsp3) is 0.353. The molecule has 2 amide bonds. The first-order valence-electron chi connectivity index (χ1n) is 8.24. The zero-order valence-electron chi connectivity index (χ0n) is 14.3. The third kappa shape index (κ3) is 3.75. The molecule has 1 saturated heterocycles. The van der Waals surface area contributed by atoms with Crippen molar-refractivity contribution in [2.24, 2.45) is 0 Å². The van der Waals surface area contributed by atoms with Crippen molar-refractivity contribution < 1.29 is 14.7 Å². The van der Waals surface area contributed by atoms with Gasteiger partial charge in [-0.05, 0) is 25.1 Å². The lowest BCUT2D eigenvalue weighted by atomic mass is 10.1. The van der Waals surface area contributed by atoms with Crippen molar-refractivity contribution in [3.8, 4) is 0 Å². The highest BCUT2D eigenvalue weighted by atomic mass is 35.5. The van der Waals surface area contributed by atoms with Crippen LogP contribution in [-0.2, 0) is 4.79 Å². The quantitative estimate of drug-likeness (QED) is 0.751. The number of amides is 2. The Hall–Kier alpha value is -2.74. The van der Waals surface area contributed by atoms with Gasteiger partial charge in [0.2, 0.25) is 0 Å². The molecule has 1 fully saturated rings. The van der Waals surface area contributed by atoms with Crippen molar-refractivity contribution >= 4 is 46.0 Å². The van der Waals surface area contributed by atoms with Crippen LogP contribution in [-0.4, -0.2) is 59.2 Å². The Balaban J connectivity index is 1.73. The third-order valence-electron chi connectivity index (χ3n) is 4.39. The van der Waals surface area contributed by atoms with E-state index in [1.165, 1.54) is 6.92 Å². The average Bonchev–Trinajstić information content (AvgIpc) is 2.60. The van der Waals surface area contributed by atoms with Crippen molar-refractivity contribution in [3.05, 3.63) is 29.3 Å². The van der Waals surface area contributed by atoms with E-state index in [9.17, 15) is 9.59 Å². The summed E-state index contributed by atoms with van der Waals surface area (Å²) in [7, 11) is 0. The van der Waals surface area contributed by atoms with Crippen LogP contribution in [0.1, 0.15) is 6.92 Å². The number of nitrogens with one attached hydrogen (secondary N) is 1. The summed E-state index contributed by atoms with van der Waals surface area (Å²) in [5, 5.41) is 12.9. The highest BCUT2D eigenvalue weighted by Crippen LogP contribution is 2.30. The molecule has 26 heavy (non-hydrogen) atoms. The summed E-state index contributed by atoms with van der Waals surface area (Å²) >= 11 is 6.04. The van der Waals surface area contributed by atoms with Crippen molar-refractivity contribution in [3.63, 3.8) is 0 Å². The van der Waals surface area contributed by atoms with Crippen LogP contribution in [0.3, 0.4) is 0 Å². The first kappa shape index (κ1) is 18.1. The van der Waals surface area contributed by atoms with Crippen LogP contribution in [0.5, 0.6) is 0 Å². The first-order chi connectivity index (χ1) is 12.3. The number of carbonyl (C=O) groups is 2. The lowest BCUT2D eigenvalue weighted by Crippen LogP contribution is -2.54. The lowest BCUT2D eigenvalue weighted by molar-refractivity contribution is -0.138. The molecule has 1 atom stereocenters. The highest BCUT2D eigenvalue weighted by molar-refractivity contribution is 6.31. The molecular weight excluding hydrogens is 358 g/mol. The maximum atomic E-state index is 12.1. The minimum Gasteiger partial charge on any atom is -0.480 e. The fourth-order valence-electron chi connectivity index (χ4n) is 2.95. The molecule has 1 aliphatic heterocycles. The number of nitrogen functional groups attached to an aromatic ring is 1. The summed E-state index contributed by atoms with van der Waals surface area (Å²) in [6, 6.07) is 6.02. The predicted octanol–water partition coefficient (Wildman–Crippen LogP) is 1.78. The van der Waals surface area contributed by atoms with Gasteiger partial charge in [-0.1, -0.05) is 11.6 Å². The molecule has 3 rings (SSSR count). The molecule has 1 aromatic heterocycles. The van der Waals surface area contributed by atoms with Crippen LogP contribution in [0.25, 0.3) is 10.9 Å². The molecule has 4 N–H and O–H groups in total. The summed E-state index contributed by atoms with van der Waals surface area (Å²) < 4.78 is 0. The minimum absolute atomic E-state index is 0.370. The molecule has 1 aliphatic rings. The zero-order chi connectivity index (χ0) is 18.8. The van der Waals surface area contributed by atoms with Gasteiger partial charge < -0.3 is 26.0 Å². The van der Waals surface area contributed by atoms with Crippen LogP contribution in [0, 0.1) is 0 Å². The van der Waals surface area contributed by atoms with E-state index >= 15 is 0 Å². The van der Waals surface area contributed by atoms with Crippen molar-refractivity contribution in [1.29, 1.82) is 0 Å². The van der Waals surface area contributed by atoms with Gasteiger partial charge >= 0.3 is 12.0 Å². The van der Waals surface area contributed by atoms with Crippen LogP contribution in [0.2, 0.25) is 5.02 Å². The topological polar surface area (TPSA) is 112 Å². The number of aliphatic carboxylic acids is 1. The van der Waals surface area contributed by atoms with Gasteiger partial charge in [-0.2, -0.15) is 0 Å². The number of hydrogen-bond acceptors (Lipinski definition) is 5. The number of carbonyl (C=O) groups excluding carboxylic acids is 1. The molecule has 138 valence electrons. The van der Waals surface area contributed by atoms with E-state index in [1.54, 1.807) is 11.0 Å². The van der Waals surface area contributed by atoms with E-state index in [2.05, 4.69) is 15.2 Å². The first-order valence-corrected chi connectivity index (χ1v) is 8.62. The maximum absolute atomic E-state index is 12.1. The molecule has 2 heterocycles. The Morgan fingerprint density at radius 2 is 1.96 bits per heavy atom. The molecule has 0 aliphatic carbocycles. The van der Waals surface area contributed by atoms with E-state index in [0.29, 0.717) is 37.0 Å². The average molecular weight is 378 g/mol. The van der Waals surface area contributed by atoms with Gasteiger partial charge in [0.05, 0.1) is 5.52 Å². The van der Waals surface area contributed by atoms with Crippen LogP contribution in [0.4, 0.5) is 16.3 Å². The number of pyridine rings is 1. The normalized spacial score (nSPS) is 15.8. The van der Waals surface area contributed by atoms with Crippen LogP contribution < -0.4 is 16.0 Å². The Bertz CT molecular complexity index is 846. The van der Waals surface area contributed by atoms with Crippen molar-refractivity contribution in [2.75, 3.05) is 36.8 Å². The molecule has 1 unspecified atom stereocenters. The monoisotopic (exact) mass is 377 g/mol. The van der Waals surface area contributed by atoms with Crippen LogP contribution >= 0.6 is 11.6 Å². The summed E-state index contributed by atoms with van der Waals surface area (Å²) in [6.07, 6.45) is 0. The van der Waals surface area contributed by atoms with Crippen molar-refractivity contribution in [1.82, 2.24) is 15.2 Å². The Kier molecular flexibility index (Phi) is 5.03. The number of fused-ring (bicyclic) bond motifs is 1. The number of rotatable bonds is 3. The van der Waals surface area contributed by atoms with Gasteiger partial charge in [0.15, 0.2) is 0 Å². The van der Waals surface area contributed by atoms with Gasteiger partial charge in [-0.3, -0.25) is 4.79 Å². The largest absolute Gasteiger partial charge is 0.480 e. The Labute approximate surface area is 155 Å². The van der Waals surface area contributed by atoms with Gasteiger partial charge in [-0.15, -0.1) is 0 Å².